The van der Waals surface area contributed by atoms with Crippen molar-refractivity contribution < 1.29 is 0 Å². The molecule has 3 rings (SSSR count). The molecule has 4 nitrogen and oxygen atoms in total. The number of rotatable bonds is 3. The Kier molecular flexibility index (Phi) is 2.06. The van der Waals surface area contributed by atoms with Crippen molar-refractivity contribution in [1.82, 2.24) is 14.8 Å². The van der Waals surface area contributed by atoms with E-state index in [0.29, 0.717) is 6.04 Å². The first-order valence-electron chi connectivity index (χ1n) is 5.96. The summed E-state index contributed by atoms with van der Waals surface area (Å²) in [6, 6.07) is 0.638. The molecular formula is C11H18N4. The van der Waals surface area contributed by atoms with Crippen LogP contribution in [0.3, 0.4) is 0 Å². The molecule has 1 aromatic heterocycles. The number of nitrogens with zero attached hydrogens (tertiary/aromatic N) is 3. The van der Waals surface area contributed by atoms with Gasteiger partial charge in [0, 0.05) is 18.0 Å². The van der Waals surface area contributed by atoms with Gasteiger partial charge in [-0.05, 0) is 25.7 Å². The molecule has 1 aromatic rings. The quantitative estimate of drug-likeness (QED) is 0.813. The Labute approximate surface area is 89.9 Å². The van der Waals surface area contributed by atoms with E-state index in [2.05, 4.69) is 14.8 Å². The second kappa shape index (κ2) is 3.30. The van der Waals surface area contributed by atoms with Gasteiger partial charge in [-0.25, -0.2) is 0 Å². The largest absolute Gasteiger partial charge is 0.329 e. The minimum atomic E-state index is 0.180. The van der Waals surface area contributed by atoms with Crippen molar-refractivity contribution in [3.8, 4) is 0 Å². The highest BCUT2D eigenvalue weighted by atomic mass is 15.3. The van der Waals surface area contributed by atoms with Crippen molar-refractivity contribution in [2.24, 2.45) is 5.73 Å². The Morgan fingerprint density at radius 3 is 2.73 bits per heavy atom. The van der Waals surface area contributed by atoms with Crippen LogP contribution < -0.4 is 5.73 Å². The molecule has 2 aliphatic rings. The first kappa shape index (κ1) is 9.33. The van der Waals surface area contributed by atoms with Gasteiger partial charge in [-0.3, -0.25) is 0 Å². The van der Waals surface area contributed by atoms with Gasteiger partial charge in [-0.15, -0.1) is 10.2 Å². The van der Waals surface area contributed by atoms with Crippen molar-refractivity contribution >= 4 is 0 Å². The molecule has 0 aliphatic heterocycles. The van der Waals surface area contributed by atoms with Gasteiger partial charge >= 0.3 is 0 Å². The zero-order chi connectivity index (χ0) is 10.3. The molecule has 0 amide bonds. The summed E-state index contributed by atoms with van der Waals surface area (Å²) in [5.74, 6) is 1.15. The number of hydrogen-bond donors (Lipinski definition) is 1. The lowest BCUT2D eigenvalue weighted by Crippen LogP contribution is -2.25. The number of nitrogens with two attached hydrogens (primary N) is 1. The van der Waals surface area contributed by atoms with Crippen LogP contribution >= 0.6 is 0 Å². The smallest absolute Gasteiger partial charge is 0.140 e. The van der Waals surface area contributed by atoms with Gasteiger partial charge in [0.25, 0.3) is 0 Å². The third-order valence-electron chi connectivity index (χ3n) is 4.01. The Bertz CT molecular complexity index is 347. The minimum Gasteiger partial charge on any atom is -0.329 e. The molecule has 2 N–H and O–H groups in total. The molecule has 2 aliphatic carbocycles. The summed E-state index contributed by atoms with van der Waals surface area (Å²) in [4.78, 5) is 0. The molecule has 0 spiro atoms. The molecule has 0 radical (unpaired) electrons. The lowest BCUT2D eigenvalue weighted by atomic mass is 10.1. The van der Waals surface area contributed by atoms with Crippen molar-refractivity contribution in [2.75, 3.05) is 6.54 Å². The highest BCUT2D eigenvalue weighted by molar-refractivity contribution is 5.19. The summed E-state index contributed by atoms with van der Waals surface area (Å²) in [5.41, 5.74) is 6.03. The highest BCUT2D eigenvalue weighted by Gasteiger charge is 2.47. The van der Waals surface area contributed by atoms with Crippen LogP contribution in [0.4, 0.5) is 0 Å². The van der Waals surface area contributed by atoms with E-state index < -0.39 is 0 Å². The summed E-state index contributed by atoms with van der Waals surface area (Å²) in [7, 11) is 0. The van der Waals surface area contributed by atoms with Gasteiger partial charge in [0.2, 0.25) is 0 Å². The third kappa shape index (κ3) is 1.39. The van der Waals surface area contributed by atoms with Crippen LogP contribution in [-0.4, -0.2) is 21.3 Å². The van der Waals surface area contributed by atoms with E-state index in [0.717, 1.165) is 12.4 Å². The second-order valence-electron chi connectivity index (χ2n) is 4.98. The maximum Gasteiger partial charge on any atom is 0.140 e. The Balaban J connectivity index is 1.92. The molecule has 82 valence electrons. The van der Waals surface area contributed by atoms with Crippen LogP contribution in [0.25, 0.3) is 0 Å². The fourth-order valence-electron chi connectivity index (χ4n) is 2.74. The summed E-state index contributed by atoms with van der Waals surface area (Å²) in [6.45, 7) is 0.721. The Hall–Kier alpha value is -0.900. The molecule has 0 atom stereocenters. The molecule has 0 unspecified atom stereocenters. The van der Waals surface area contributed by atoms with Crippen LogP contribution in [-0.2, 0) is 5.41 Å². The maximum absolute atomic E-state index is 5.85. The third-order valence-corrected chi connectivity index (χ3v) is 4.01. The van der Waals surface area contributed by atoms with E-state index >= 15 is 0 Å². The molecule has 4 heteroatoms. The molecule has 0 aromatic carbocycles. The van der Waals surface area contributed by atoms with Gasteiger partial charge in [-0.1, -0.05) is 12.8 Å². The fourth-order valence-corrected chi connectivity index (χ4v) is 2.74. The first-order valence-corrected chi connectivity index (χ1v) is 5.96. The SMILES string of the molecule is NCC1(c2nncn2C2CCCC2)CC1. The van der Waals surface area contributed by atoms with Crippen LogP contribution in [0, 0.1) is 0 Å². The van der Waals surface area contributed by atoms with Gasteiger partial charge in [0.05, 0.1) is 0 Å². The predicted molar refractivity (Wildman–Crippen MR) is 57.5 cm³/mol. The van der Waals surface area contributed by atoms with Crippen molar-refractivity contribution in [1.29, 1.82) is 0 Å². The van der Waals surface area contributed by atoms with Crippen LogP contribution in [0.2, 0.25) is 0 Å². The Morgan fingerprint density at radius 1 is 1.40 bits per heavy atom. The minimum absolute atomic E-state index is 0.180. The van der Waals surface area contributed by atoms with Gasteiger partial charge < -0.3 is 10.3 Å². The topological polar surface area (TPSA) is 56.7 Å². The summed E-state index contributed by atoms with van der Waals surface area (Å²) >= 11 is 0. The van der Waals surface area contributed by atoms with Gasteiger partial charge in [0.15, 0.2) is 0 Å². The molecule has 2 fully saturated rings. The van der Waals surface area contributed by atoms with Crippen LogP contribution in [0.1, 0.15) is 50.4 Å². The number of hydrogen-bond acceptors (Lipinski definition) is 3. The van der Waals surface area contributed by atoms with E-state index in [4.69, 9.17) is 5.73 Å². The maximum atomic E-state index is 5.85. The van der Waals surface area contributed by atoms with Crippen LogP contribution in [0.5, 0.6) is 0 Å². The lowest BCUT2D eigenvalue weighted by Gasteiger charge is -2.18. The highest BCUT2D eigenvalue weighted by Crippen LogP contribution is 2.47. The van der Waals surface area contributed by atoms with E-state index in [9.17, 15) is 0 Å². The first-order chi connectivity index (χ1) is 7.36. The molecular weight excluding hydrogens is 188 g/mol. The summed E-state index contributed by atoms with van der Waals surface area (Å²) in [6.07, 6.45) is 9.54. The van der Waals surface area contributed by atoms with E-state index in [1.165, 1.54) is 38.5 Å². The van der Waals surface area contributed by atoms with Crippen molar-refractivity contribution in [3.05, 3.63) is 12.2 Å². The fraction of sp³-hybridized carbons (Fsp3) is 0.818. The molecule has 15 heavy (non-hydrogen) atoms. The van der Waals surface area contributed by atoms with E-state index in [-0.39, 0.29) is 5.41 Å². The summed E-state index contributed by atoms with van der Waals surface area (Å²) < 4.78 is 2.30. The average Bonchev–Trinajstić information content (AvgIpc) is 2.74. The normalized spacial score (nSPS) is 24.6. The van der Waals surface area contributed by atoms with E-state index in [1.54, 1.807) is 0 Å². The van der Waals surface area contributed by atoms with Crippen LogP contribution in [0.15, 0.2) is 6.33 Å². The molecule has 0 bridgehead atoms. The lowest BCUT2D eigenvalue weighted by molar-refractivity contribution is 0.469. The van der Waals surface area contributed by atoms with Gasteiger partial charge in [-0.2, -0.15) is 0 Å². The average molecular weight is 206 g/mol. The molecule has 0 saturated heterocycles. The molecule has 1 heterocycles. The second-order valence-corrected chi connectivity index (χ2v) is 4.98. The molecule has 2 saturated carbocycles. The zero-order valence-electron chi connectivity index (χ0n) is 9.02. The zero-order valence-corrected chi connectivity index (χ0v) is 9.02. The standard InChI is InChI=1S/C11H18N4/c12-7-11(5-6-11)10-14-13-8-15(10)9-3-1-2-4-9/h8-9H,1-7,12H2. The van der Waals surface area contributed by atoms with Gasteiger partial charge in [0.1, 0.15) is 12.2 Å². The Morgan fingerprint density at radius 2 is 2.13 bits per heavy atom. The monoisotopic (exact) mass is 206 g/mol. The summed E-state index contributed by atoms with van der Waals surface area (Å²) in [5, 5.41) is 8.38. The van der Waals surface area contributed by atoms with Crippen molar-refractivity contribution in [3.63, 3.8) is 0 Å². The number of aromatic nitrogens is 3. The van der Waals surface area contributed by atoms with E-state index in [1.807, 2.05) is 6.33 Å². The predicted octanol–water partition coefficient (Wildman–Crippen LogP) is 1.38. The van der Waals surface area contributed by atoms with Crippen molar-refractivity contribution in [2.45, 2.75) is 50.0 Å².